The Morgan fingerprint density at radius 1 is 1.35 bits per heavy atom. The summed E-state index contributed by atoms with van der Waals surface area (Å²) < 4.78 is 7.06. The van der Waals surface area contributed by atoms with E-state index < -0.39 is 11.5 Å². The average Bonchev–Trinajstić information content (AvgIpc) is 2.71. The number of aromatic amines is 1. The van der Waals surface area contributed by atoms with Gasteiger partial charge in [-0.3, -0.25) is 9.17 Å². The number of methoxy groups -OCH3 is 1. The Kier molecular flexibility index (Phi) is 3.24. The average molecular weight is 250 g/mol. The topological polar surface area (TPSA) is 71.2 Å². The van der Waals surface area contributed by atoms with E-state index >= 15 is 0 Å². The summed E-state index contributed by atoms with van der Waals surface area (Å²) >= 11 is 1.07. The van der Waals surface area contributed by atoms with Gasteiger partial charge in [0.15, 0.2) is 5.56 Å². The Balaban J connectivity index is 2.34. The van der Waals surface area contributed by atoms with Crippen LogP contribution in [0.2, 0.25) is 0 Å². The van der Waals surface area contributed by atoms with Crippen LogP contribution in [0.1, 0.15) is 10.4 Å². The highest BCUT2D eigenvalue weighted by atomic mass is 32.1. The molecule has 0 aliphatic rings. The van der Waals surface area contributed by atoms with E-state index in [2.05, 4.69) is 14.4 Å². The second-order valence-electron chi connectivity index (χ2n) is 3.22. The number of carbonyl (C=O) groups is 1. The Bertz CT molecular complexity index is 574. The Hall–Kier alpha value is -2.08. The van der Waals surface area contributed by atoms with Crippen LogP contribution in [-0.2, 0) is 4.74 Å². The van der Waals surface area contributed by atoms with E-state index in [9.17, 15) is 9.59 Å². The molecule has 0 amide bonds. The summed E-state index contributed by atoms with van der Waals surface area (Å²) in [5, 5.41) is 3.45. The molecule has 0 radical (unpaired) electrons. The SMILES string of the molecule is COC(=O)c1c(Nc2ccccc2)s[nH]c1=O. The van der Waals surface area contributed by atoms with E-state index in [0.717, 1.165) is 17.2 Å². The second-order valence-corrected chi connectivity index (χ2v) is 4.04. The van der Waals surface area contributed by atoms with Crippen molar-refractivity contribution in [3.8, 4) is 0 Å². The van der Waals surface area contributed by atoms with E-state index in [0.29, 0.717) is 5.00 Å². The van der Waals surface area contributed by atoms with Gasteiger partial charge >= 0.3 is 5.97 Å². The van der Waals surface area contributed by atoms with Gasteiger partial charge in [-0.15, -0.1) is 0 Å². The first-order valence-corrected chi connectivity index (χ1v) is 5.66. The molecule has 0 bridgehead atoms. The number of ether oxygens (including phenoxy) is 1. The monoisotopic (exact) mass is 250 g/mol. The molecule has 0 spiro atoms. The summed E-state index contributed by atoms with van der Waals surface area (Å²) in [5.74, 6) is -0.647. The largest absolute Gasteiger partial charge is 0.465 e. The molecule has 0 aliphatic carbocycles. The van der Waals surface area contributed by atoms with Crippen molar-refractivity contribution in [2.24, 2.45) is 0 Å². The molecular formula is C11H10N2O3S. The number of hydrogen-bond acceptors (Lipinski definition) is 5. The molecule has 0 fully saturated rings. The van der Waals surface area contributed by atoms with Gasteiger partial charge < -0.3 is 10.1 Å². The van der Waals surface area contributed by atoms with Crippen molar-refractivity contribution >= 4 is 28.2 Å². The number of nitrogens with one attached hydrogen (secondary N) is 2. The minimum Gasteiger partial charge on any atom is -0.465 e. The van der Waals surface area contributed by atoms with E-state index in [1.807, 2.05) is 30.3 Å². The third-order valence-corrected chi connectivity index (χ3v) is 2.92. The summed E-state index contributed by atoms with van der Waals surface area (Å²) in [6, 6.07) is 9.27. The summed E-state index contributed by atoms with van der Waals surface area (Å²) in [4.78, 5) is 22.9. The summed E-state index contributed by atoms with van der Waals surface area (Å²) in [7, 11) is 1.24. The van der Waals surface area contributed by atoms with Crippen molar-refractivity contribution in [2.75, 3.05) is 12.4 Å². The predicted octanol–water partition coefficient (Wildman–Crippen LogP) is 1.97. The number of H-pyrrole nitrogens is 1. The summed E-state index contributed by atoms with van der Waals surface area (Å²) in [6.45, 7) is 0. The fourth-order valence-corrected chi connectivity index (χ4v) is 2.07. The molecule has 0 saturated heterocycles. The first-order chi connectivity index (χ1) is 8.22. The van der Waals surface area contributed by atoms with Crippen LogP contribution in [-0.4, -0.2) is 17.5 Å². The maximum Gasteiger partial charge on any atom is 0.346 e. The lowest BCUT2D eigenvalue weighted by molar-refractivity contribution is 0.0600. The highest BCUT2D eigenvalue weighted by molar-refractivity contribution is 7.10. The molecule has 0 aliphatic heterocycles. The van der Waals surface area contributed by atoms with Crippen LogP contribution in [0.5, 0.6) is 0 Å². The Labute approximate surface area is 101 Å². The number of carbonyl (C=O) groups excluding carboxylic acids is 1. The van der Waals surface area contributed by atoms with Crippen molar-refractivity contribution < 1.29 is 9.53 Å². The maximum atomic E-state index is 11.4. The molecule has 2 aromatic rings. The van der Waals surface area contributed by atoms with Crippen LogP contribution in [0.3, 0.4) is 0 Å². The van der Waals surface area contributed by atoms with Crippen LogP contribution in [0.4, 0.5) is 10.7 Å². The van der Waals surface area contributed by atoms with Gasteiger partial charge in [0.05, 0.1) is 7.11 Å². The molecule has 1 aromatic heterocycles. The molecule has 1 aromatic carbocycles. The van der Waals surface area contributed by atoms with Crippen molar-refractivity contribution in [3.63, 3.8) is 0 Å². The molecule has 88 valence electrons. The number of anilines is 2. The van der Waals surface area contributed by atoms with Crippen molar-refractivity contribution in [1.29, 1.82) is 0 Å². The van der Waals surface area contributed by atoms with E-state index in [-0.39, 0.29) is 5.56 Å². The Morgan fingerprint density at radius 2 is 2.06 bits per heavy atom. The van der Waals surface area contributed by atoms with E-state index in [1.165, 1.54) is 7.11 Å². The Morgan fingerprint density at radius 3 is 2.71 bits per heavy atom. The quantitative estimate of drug-likeness (QED) is 0.817. The van der Waals surface area contributed by atoms with Gasteiger partial charge in [-0.2, -0.15) is 0 Å². The molecule has 2 rings (SSSR count). The lowest BCUT2D eigenvalue weighted by Gasteiger charge is -2.04. The minimum absolute atomic E-state index is 0.00125. The number of aromatic nitrogens is 1. The van der Waals surface area contributed by atoms with Gasteiger partial charge in [0, 0.05) is 5.69 Å². The highest BCUT2D eigenvalue weighted by Gasteiger charge is 2.19. The van der Waals surface area contributed by atoms with Crippen LogP contribution in [0.15, 0.2) is 35.1 Å². The zero-order chi connectivity index (χ0) is 12.3. The van der Waals surface area contributed by atoms with E-state index in [4.69, 9.17) is 0 Å². The van der Waals surface area contributed by atoms with Gasteiger partial charge in [-0.05, 0) is 23.7 Å². The third-order valence-electron chi connectivity index (χ3n) is 2.12. The van der Waals surface area contributed by atoms with Crippen LogP contribution in [0, 0.1) is 0 Å². The molecule has 0 atom stereocenters. The van der Waals surface area contributed by atoms with Gasteiger partial charge in [0.25, 0.3) is 5.56 Å². The fourth-order valence-electron chi connectivity index (χ4n) is 1.33. The lowest BCUT2D eigenvalue weighted by atomic mass is 10.3. The van der Waals surface area contributed by atoms with Gasteiger partial charge in [-0.25, -0.2) is 4.79 Å². The molecule has 2 N–H and O–H groups in total. The fraction of sp³-hybridized carbons (Fsp3) is 0.0909. The molecule has 6 heteroatoms. The molecular weight excluding hydrogens is 240 g/mol. The molecule has 5 nitrogen and oxygen atoms in total. The smallest absolute Gasteiger partial charge is 0.346 e. The number of benzene rings is 1. The second kappa shape index (κ2) is 4.84. The highest BCUT2D eigenvalue weighted by Crippen LogP contribution is 2.22. The standard InChI is InChI=1S/C11H10N2O3S/c1-16-11(15)8-9(14)13-17-10(8)12-7-5-3-2-4-6-7/h2-6,12H,1H3,(H,13,14). The molecule has 1 heterocycles. The minimum atomic E-state index is -0.647. The third kappa shape index (κ3) is 2.36. The maximum absolute atomic E-state index is 11.4. The van der Waals surface area contributed by atoms with Gasteiger partial charge in [-0.1, -0.05) is 18.2 Å². The molecule has 0 saturated carbocycles. The zero-order valence-corrected chi connectivity index (χ0v) is 9.84. The zero-order valence-electron chi connectivity index (χ0n) is 9.02. The number of para-hydroxylation sites is 1. The molecule has 17 heavy (non-hydrogen) atoms. The number of esters is 1. The van der Waals surface area contributed by atoms with Crippen molar-refractivity contribution in [3.05, 3.63) is 46.2 Å². The van der Waals surface area contributed by atoms with Gasteiger partial charge in [0.1, 0.15) is 5.00 Å². The first kappa shape index (κ1) is 11.4. The van der Waals surface area contributed by atoms with E-state index in [1.54, 1.807) is 0 Å². The number of rotatable bonds is 3. The predicted molar refractivity (Wildman–Crippen MR) is 66.0 cm³/mol. The number of hydrogen-bond donors (Lipinski definition) is 2. The molecule has 0 unspecified atom stereocenters. The van der Waals surface area contributed by atoms with Crippen molar-refractivity contribution in [1.82, 2.24) is 4.37 Å². The van der Waals surface area contributed by atoms with Gasteiger partial charge in [0.2, 0.25) is 0 Å². The normalized spacial score (nSPS) is 9.94. The van der Waals surface area contributed by atoms with Crippen LogP contribution >= 0.6 is 11.5 Å². The van der Waals surface area contributed by atoms with Crippen LogP contribution < -0.4 is 10.9 Å². The van der Waals surface area contributed by atoms with Crippen LogP contribution in [0.25, 0.3) is 0 Å². The van der Waals surface area contributed by atoms with Crippen molar-refractivity contribution in [2.45, 2.75) is 0 Å². The lowest BCUT2D eigenvalue weighted by Crippen LogP contribution is -2.14. The summed E-state index contributed by atoms with van der Waals surface area (Å²) in [5.41, 5.74) is 0.356. The summed E-state index contributed by atoms with van der Waals surface area (Å²) in [6.07, 6.45) is 0. The first-order valence-electron chi connectivity index (χ1n) is 4.84.